The molecule has 1 unspecified atom stereocenters. The van der Waals surface area contributed by atoms with Crippen molar-refractivity contribution in [3.8, 4) is 0 Å². The number of aromatic nitrogens is 2. The Labute approximate surface area is 124 Å². The van der Waals surface area contributed by atoms with Crippen molar-refractivity contribution in [1.82, 2.24) is 15.1 Å². The third kappa shape index (κ3) is 4.06. The predicted molar refractivity (Wildman–Crippen MR) is 78.0 cm³/mol. The molecule has 1 heterocycles. The molecular weight excluding hydrogens is 270 g/mol. The standard InChI is InChI=1S/C15H23N3O3/c1-9(2)8-18-10(3)12(7-16-18)14(19)17-13(15(20)21)6-11-4-5-11/h7,9,11,13H,4-6,8H2,1-3H3,(H,17,19)(H,20,21). The van der Waals surface area contributed by atoms with Gasteiger partial charge in [-0.1, -0.05) is 26.7 Å². The number of rotatable bonds is 7. The zero-order valence-electron chi connectivity index (χ0n) is 12.8. The van der Waals surface area contributed by atoms with Gasteiger partial charge >= 0.3 is 5.97 Å². The van der Waals surface area contributed by atoms with E-state index in [-0.39, 0.29) is 5.91 Å². The number of nitrogens with zero attached hydrogens (tertiary/aromatic N) is 2. The molecule has 1 aliphatic rings. The lowest BCUT2D eigenvalue weighted by Gasteiger charge is -2.14. The fourth-order valence-electron chi connectivity index (χ4n) is 2.34. The Kier molecular flexibility index (Phi) is 4.65. The minimum Gasteiger partial charge on any atom is -0.480 e. The maximum absolute atomic E-state index is 12.3. The van der Waals surface area contributed by atoms with Crippen molar-refractivity contribution in [2.24, 2.45) is 11.8 Å². The summed E-state index contributed by atoms with van der Waals surface area (Å²) >= 11 is 0. The minimum atomic E-state index is -0.970. The van der Waals surface area contributed by atoms with E-state index in [0.29, 0.717) is 23.8 Å². The normalized spacial score (nSPS) is 16.0. The molecule has 0 aliphatic heterocycles. The van der Waals surface area contributed by atoms with Crippen molar-refractivity contribution < 1.29 is 14.7 Å². The summed E-state index contributed by atoms with van der Waals surface area (Å²) < 4.78 is 1.79. The van der Waals surface area contributed by atoms with Crippen LogP contribution >= 0.6 is 0 Å². The summed E-state index contributed by atoms with van der Waals surface area (Å²) in [4.78, 5) is 23.5. The van der Waals surface area contributed by atoms with Crippen molar-refractivity contribution >= 4 is 11.9 Å². The lowest BCUT2D eigenvalue weighted by atomic mass is 10.1. The number of hydrogen-bond donors (Lipinski definition) is 2. The molecule has 0 aromatic carbocycles. The van der Waals surface area contributed by atoms with Gasteiger partial charge in [-0.2, -0.15) is 5.10 Å². The minimum absolute atomic E-state index is 0.351. The first kappa shape index (κ1) is 15.5. The smallest absolute Gasteiger partial charge is 0.326 e. The molecule has 1 aromatic rings. The molecule has 1 aliphatic carbocycles. The van der Waals surface area contributed by atoms with Crippen LogP contribution < -0.4 is 5.32 Å². The van der Waals surface area contributed by atoms with Crippen molar-refractivity contribution in [2.75, 3.05) is 0 Å². The second-order valence-electron chi connectivity index (χ2n) is 6.26. The zero-order valence-corrected chi connectivity index (χ0v) is 12.8. The van der Waals surface area contributed by atoms with Crippen LogP contribution in [0.4, 0.5) is 0 Å². The van der Waals surface area contributed by atoms with Crippen molar-refractivity contribution in [3.63, 3.8) is 0 Å². The molecule has 2 rings (SSSR count). The van der Waals surface area contributed by atoms with E-state index in [1.807, 2.05) is 6.92 Å². The van der Waals surface area contributed by atoms with Crippen LogP contribution in [0.15, 0.2) is 6.20 Å². The molecule has 1 saturated carbocycles. The van der Waals surface area contributed by atoms with Gasteiger partial charge in [-0.15, -0.1) is 0 Å². The van der Waals surface area contributed by atoms with Gasteiger partial charge < -0.3 is 10.4 Å². The molecule has 116 valence electrons. The molecular formula is C15H23N3O3. The van der Waals surface area contributed by atoms with E-state index in [9.17, 15) is 14.7 Å². The number of nitrogens with one attached hydrogen (secondary N) is 1. The summed E-state index contributed by atoms with van der Waals surface area (Å²) in [6, 6.07) is -0.808. The Morgan fingerprint density at radius 3 is 2.67 bits per heavy atom. The van der Waals surface area contributed by atoms with Crippen molar-refractivity contribution in [3.05, 3.63) is 17.5 Å². The van der Waals surface area contributed by atoms with Crippen LogP contribution in [-0.4, -0.2) is 32.8 Å². The molecule has 1 amide bonds. The summed E-state index contributed by atoms with van der Waals surface area (Å²) in [7, 11) is 0. The van der Waals surface area contributed by atoms with Crippen molar-refractivity contribution in [1.29, 1.82) is 0 Å². The maximum Gasteiger partial charge on any atom is 0.326 e. The summed E-state index contributed by atoms with van der Waals surface area (Å²) in [5.41, 5.74) is 1.23. The van der Waals surface area contributed by atoms with E-state index in [1.54, 1.807) is 4.68 Å². The predicted octanol–water partition coefficient (Wildman–Crippen LogP) is 1.83. The first-order valence-corrected chi connectivity index (χ1v) is 7.44. The quantitative estimate of drug-likeness (QED) is 0.803. The number of hydrogen-bond acceptors (Lipinski definition) is 3. The van der Waals surface area contributed by atoms with Gasteiger partial charge in [-0.25, -0.2) is 4.79 Å². The monoisotopic (exact) mass is 293 g/mol. The number of amides is 1. The first-order valence-electron chi connectivity index (χ1n) is 7.44. The van der Waals surface area contributed by atoms with E-state index >= 15 is 0 Å². The van der Waals surface area contributed by atoms with Crippen LogP contribution in [0.1, 0.15) is 49.2 Å². The highest BCUT2D eigenvalue weighted by atomic mass is 16.4. The van der Waals surface area contributed by atoms with Gasteiger partial charge in [0.25, 0.3) is 5.91 Å². The molecule has 6 heteroatoms. The molecule has 1 atom stereocenters. The largest absolute Gasteiger partial charge is 0.480 e. The highest BCUT2D eigenvalue weighted by Crippen LogP contribution is 2.33. The molecule has 0 radical (unpaired) electrons. The van der Waals surface area contributed by atoms with Crippen LogP contribution in [0.3, 0.4) is 0 Å². The average Bonchev–Trinajstić information content (AvgIpc) is 3.13. The van der Waals surface area contributed by atoms with E-state index in [0.717, 1.165) is 25.1 Å². The van der Waals surface area contributed by atoms with Crippen LogP contribution in [0.5, 0.6) is 0 Å². The third-order valence-electron chi connectivity index (χ3n) is 3.76. The Balaban J connectivity index is 2.04. The molecule has 0 saturated heterocycles. The van der Waals surface area contributed by atoms with E-state index < -0.39 is 12.0 Å². The number of carboxylic acid groups (broad SMARTS) is 1. The number of carbonyl (C=O) groups excluding carboxylic acids is 1. The van der Waals surface area contributed by atoms with Crippen LogP contribution in [0.2, 0.25) is 0 Å². The molecule has 1 fully saturated rings. The Morgan fingerprint density at radius 2 is 2.14 bits per heavy atom. The van der Waals surface area contributed by atoms with Crippen molar-refractivity contribution in [2.45, 2.75) is 52.6 Å². The summed E-state index contributed by atoms with van der Waals surface area (Å²) in [5, 5.41) is 16.0. The third-order valence-corrected chi connectivity index (χ3v) is 3.76. The van der Waals surface area contributed by atoms with E-state index in [4.69, 9.17) is 0 Å². The van der Waals surface area contributed by atoms with Gasteiger partial charge in [-0.05, 0) is 25.2 Å². The number of carboxylic acids is 1. The lowest BCUT2D eigenvalue weighted by Crippen LogP contribution is -2.41. The molecule has 21 heavy (non-hydrogen) atoms. The Morgan fingerprint density at radius 1 is 1.48 bits per heavy atom. The summed E-state index contributed by atoms with van der Waals surface area (Å²) in [5.74, 6) is -0.449. The van der Waals surface area contributed by atoms with E-state index in [2.05, 4.69) is 24.3 Å². The summed E-state index contributed by atoms with van der Waals surface area (Å²) in [6.45, 7) is 6.73. The van der Waals surface area contributed by atoms with Gasteiger partial charge in [0.2, 0.25) is 0 Å². The fourth-order valence-corrected chi connectivity index (χ4v) is 2.34. The zero-order chi connectivity index (χ0) is 15.6. The van der Waals surface area contributed by atoms with E-state index in [1.165, 1.54) is 6.20 Å². The van der Waals surface area contributed by atoms with Crippen LogP contribution in [0, 0.1) is 18.8 Å². The molecule has 0 spiro atoms. The second-order valence-corrected chi connectivity index (χ2v) is 6.26. The number of aliphatic carboxylic acids is 1. The maximum atomic E-state index is 12.3. The first-order chi connectivity index (χ1) is 9.88. The van der Waals surface area contributed by atoms with Gasteiger partial charge in [0.1, 0.15) is 6.04 Å². The molecule has 0 bridgehead atoms. The highest BCUT2D eigenvalue weighted by molar-refractivity contribution is 5.97. The fraction of sp³-hybridized carbons (Fsp3) is 0.667. The molecule has 2 N–H and O–H groups in total. The number of carbonyl (C=O) groups is 2. The van der Waals surface area contributed by atoms with Crippen LogP contribution in [-0.2, 0) is 11.3 Å². The highest BCUT2D eigenvalue weighted by Gasteiger charge is 2.31. The molecule has 6 nitrogen and oxygen atoms in total. The van der Waals surface area contributed by atoms with Gasteiger partial charge in [0, 0.05) is 12.2 Å². The SMILES string of the molecule is Cc1c(C(=O)NC(CC2CC2)C(=O)O)cnn1CC(C)C. The Bertz CT molecular complexity index is 532. The van der Waals surface area contributed by atoms with Crippen LogP contribution in [0.25, 0.3) is 0 Å². The van der Waals surface area contributed by atoms with Gasteiger partial charge in [-0.3, -0.25) is 9.48 Å². The summed E-state index contributed by atoms with van der Waals surface area (Å²) in [6.07, 6.45) is 4.15. The van der Waals surface area contributed by atoms with Gasteiger partial charge in [0.05, 0.1) is 11.8 Å². The second kappa shape index (κ2) is 6.28. The lowest BCUT2D eigenvalue weighted by molar-refractivity contribution is -0.139. The average molecular weight is 293 g/mol. The van der Waals surface area contributed by atoms with Gasteiger partial charge in [0.15, 0.2) is 0 Å². The molecule has 1 aromatic heterocycles. The Hall–Kier alpha value is -1.85. The topological polar surface area (TPSA) is 84.2 Å².